The number of carboxylic acids is 2. The van der Waals surface area contributed by atoms with Crippen LogP contribution in [0.5, 0.6) is 11.5 Å². The molecule has 0 atom stereocenters. The summed E-state index contributed by atoms with van der Waals surface area (Å²) in [5.74, 6) is -2.06. The summed E-state index contributed by atoms with van der Waals surface area (Å²) >= 11 is 0. The van der Waals surface area contributed by atoms with E-state index in [0.717, 1.165) is 21.5 Å². The maximum absolute atomic E-state index is 11.0. The summed E-state index contributed by atoms with van der Waals surface area (Å²) in [5, 5.41) is 42.5. The number of hydrogen-bond acceptors (Lipinski definition) is 4. The predicted octanol–water partition coefficient (Wildman–Crippen LogP) is -2.77. The van der Waals surface area contributed by atoms with Crippen molar-refractivity contribution < 1.29 is 89.1 Å². The van der Waals surface area contributed by atoms with Gasteiger partial charge in [0.2, 0.25) is 0 Å². The van der Waals surface area contributed by atoms with Crippen LogP contribution in [-0.2, 0) is 0 Å². The van der Waals surface area contributed by atoms with Gasteiger partial charge in [-0.15, -0.1) is 11.5 Å². The van der Waals surface area contributed by atoms with Crippen LogP contribution in [0.4, 0.5) is 0 Å². The predicted molar refractivity (Wildman–Crippen MR) is 101 cm³/mol. The molecule has 0 radical (unpaired) electrons. The van der Waals surface area contributed by atoms with Crippen LogP contribution >= 0.6 is 0 Å². The molecule has 6 nitrogen and oxygen atoms in total. The second kappa shape index (κ2) is 11.4. The number of benzene rings is 4. The van der Waals surface area contributed by atoms with E-state index < -0.39 is 11.9 Å². The molecule has 4 aromatic rings. The maximum Gasteiger partial charge on any atom is 1.00 e. The summed E-state index contributed by atoms with van der Waals surface area (Å²) in [6, 6.07) is 18.4. The molecule has 0 saturated heterocycles. The molecule has 0 unspecified atom stereocenters. The third kappa shape index (κ3) is 6.47. The second-order valence-corrected chi connectivity index (χ2v) is 6.06. The third-order valence-electron chi connectivity index (χ3n) is 4.12. The van der Waals surface area contributed by atoms with Crippen molar-refractivity contribution in [2.75, 3.05) is 0 Å². The van der Waals surface area contributed by atoms with Crippen molar-refractivity contribution in [1.82, 2.24) is 0 Å². The maximum atomic E-state index is 11.0. The van der Waals surface area contributed by atoms with Crippen LogP contribution < -0.4 is 69.3 Å². The largest absolute Gasteiger partial charge is 1.00 e. The van der Waals surface area contributed by atoms with Gasteiger partial charge in [0, 0.05) is 0 Å². The Bertz CT molecular complexity index is 1110. The van der Waals surface area contributed by atoms with Gasteiger partial charge >= 0.3 is 71.1 Å². The molecule has 0 aliphatic heterocycles. The average Bonchev–Trinajstić information content (AvgIpc) is 2.67. The van der Waals surface area contributed by atoms with E-state index in [-0.39, 0.29) is 81.7 Å². The zero-order chi connectivity index (χ0) is 20.3. The summed E-state index contributed by atoms with van der Waals surface area (Å²) in [5.41, 5.74) is 0.465. The van der Waals surface area contributed by atoms with Crippen LogP contribution in [0.1, 0.15) is 20.7 Å². The van der Waals surface area contributed by atoms with E-state index in [1.807, 2.05) is 0 Å². The van der Waals surface area contributed by atoms with E-state index in [1.54, 1.807) is 36.4 Å². The van der Waals surface area contributed by atoms with Gasteiger partial charge in [0.05, 0.1) is 11.1 Å². The fourth-order valence-electron chi connectivity index (χ4n) is 2.71. The Morgan fingerprint density at radius 2 is 0.833 bits per heavy atom. The summed E-state index contributed by atoms with van der Waals surface area (Å²) in [7, 11) is 0. The molecular formula is C22H14Na2O6. The molecule has 0 fully saturated rings. The minimum absolute atomic E-state index is 0. The minimum Gasteiger partial charge on any atom is -0.872 e. The molecule has 140 valence electrons. The molecule has 0 heterocycles. The van der Waals surface area contributed by atoms with Crippen molar-refractivity contribution in [1.29, 1.82) is 0 Å². The van der Waals surface area contributed by atoms with E-state index >= 15 is 0 Å². The molecule has 0 aliphatic rings. The Kier molecular flexibility index (Phi) is 9.84. The fraction of sp³-hybridized carbons (Fsp3) is 0. The van der Waals surface area contributed by atoms with Crippen LogP contribution in [0.15, 0.2) is 72.8 Å². The summed E-state index contributed by atoms with van der Waals surface area (Å²) in [6.07, 6.45) is 0. The molecule has 0 aromatic heterocycles. The zero-order valence-corrected chi connectivity index (χ0v) is 20.5. The SMILES string of the molecule is O=C(O)c1ccc2cc([O-])ccc2c1.O=C(O)c1ccc2cc([O-])ccc2c1.[Na+].[Na+]. The number of hydrogen-bond donors (Lipinski definition) is 2. The zero-order valence-electron chi connectivity index (χ0n) is 16.5. The van der Waals surface area contributed by atoms with Crippen LogP contribution in [0.3, 0.4) is 0 Å². The normalized spacial score (nSPS) is 9.60. The molecule has 8 heteroatoms. The molecule has 0 saturated carbocycles. The van der Waals surface area contributed by atoms with Gasteiger partial charge in [-0.05, 0) is 45.8 Å². The minimum atomic E-state index is -0.960. The van der Waals surface area contributed by atoms with Crippen LogP contribution in [0.2, 0.25) is 0 Å². The van der Waals surface area contributed by atoms with Gasteiger partial charge in [-0.2, -0.15) is 0 Å². The number of carbonyl (C=O) groups is 2. The van der Waals surface area contributed by atoms with Gasteiger partial charge in [0.15, 0.2) is 0 Å². The molecule has 4 aromatic carbocycles. The monoisotopic (exact) mass is 420 g/mol. The van der Waals surface area contributed by atoms with Gasteiger partial charge in [0.1, 0.15) is 0 Å². The first-order valence-electron chi connectivity index (χ1n) is 8.22. The molecule has 0 amide bonds. The standard InChI is InChI=1S/2C11H8O3.2Na/c2*12-10-4-3-7-5-9(11(13)14)2-1-8(7)6-10;;/h2*1-6,12H,(H,13,14);;/q;;2*+1/p-2. The van der Waals surface area contributed by atoms with Crippen molar-refractivity contribution in [3.05, 3.63) is 83.9 Å². The molecule has 2 N–H and O–H groups in total. The first kappa shape index (κ1) is 26.0. The second-order valence-electron chi connectivity index (χ2n) is 6.06. The molecule has 0 spiro atoms. The first-order valence-corrected chi connectivity index (χ1v) is 8.22. The number of rotatable bonds is 2. The summed E-state index contributed by atoms with van der Waals surface area (Å²) in [6.45, 7) is 0. The Balaban J connectivity index is 0.000000281. The average molecular weight is 420 g/mol. The van der Waals surface area contributed by atoms with Gasteiger partial charge in [0.25, 0.3) is 0 Å². The van der Waals surface area contributed by atoms with Crippen molar-refractivity contribution in [2.24, 2.45) is 0 Å². The van der Waals surface area contributed by atoms with Crippen molar-refractivity contribution in [2.45, 2.75) is 0 Å². The van der Waals surface area contributed by atoms with E-state index in [0.29, 0.717) is 0 Å². The van der Waals surface area contributed by atoms with Gasteiger partial charge in [-0.25, -0.2) is 9.59 Å². The molecule has 0 aliphatic carbocycles. The van der Waals surface area contributed by atoms with Crippen molar-refractivity contribution >= 4 is 33.5 Å². The Morgan fingerprint density at radius 3 is 1.17 bits per heavy atom. The van der Waals surface area contributed by atoms with E-state index in [4.69, 9.17) is 10.2 Å². The number of fused-ring (bicyclic) bond motifs is 2. The van der Waals surface area contributed by atoms with Gasteiger partial charge < -0.3 is 20.4 Å². The van der Waals surface area contributed by atoms with Crippen LogP contribution in [-0.4, -0.2) is 22.2 Å². The summed E-state index contributed by atoms with van der Waals surface area (Å²) in [4.78, 5) is 21.3. The third-order valence-corrected chi connectivity index (χ3v) is 4.12. The fourth-order valence-corrected chi connectivity index (χ4v) is 2.71. The van der Waals surface area contributed by atoms with E-state index in [2.05, 4.69) is 0 Å². The van der Waals surface area contributed by atoms with Crippen molar-refractivity contribution in [3.63, 3.8) is 0 Å². The van der Waals surface area contributed by atoms with E-state index in [9.17, 15) is 19.8 Å². The summed E-state index contributed by atoms with van der Waals surface area (Å²) < 4.78 is 0. The molecule has 30 heavy (non-hydrogen) atoms. The van der Waals surface area contributed by atoms with Gasteiger partial charge in [-0.3, -0.25) is 0 Å². The number of aromatic carboxylic acids is 2. The quantitative estimate of drug-likeness (QED) is 0.339. The van der Waals surface area contributed by atoms with Crippen LogP contribution in [0.25, 0.3) is 21.5 Å². The topological polar surface area (TPSA) is 121 Å². The smallest absolute Gasteiger partial charge is 0.872 e. The number of carboxylic acid groups (broad SMARTS) is 2. The molecule has 0 bridgehead atoms. The van der Waals surface area contributed by atoms with Gasteiger partial charge in [-0.1, -0.05) is 48.5 Å². The molecule has 4 rings (SSSR count). The first-order chi connectivity index (χ1) is 13.3. The Hall–Kier alpha value is -2.06. The molecular weight excluding hydrogens is 406 g/mol. The van der Waals surface area contributed by atoms with Crippen molar-refractivity contribution in [3.8, 4) is 11.5 Å². The Labute approximate surface area is 216 Å². The van der Waals surface area contributed by atoms with Crippen LogP contribution in [0, 0.1) is 0 Å². The Morgan fingerprint density at radius 1 is 0.533 bits per heavy atom. The van der Waals surface area contributed by atoms with E-state index in [1.165, 1.54) is 36.4 Å².